The molecule has 0 aliphatic carbocycles. The first kappa shape index (κ1) is 9.83. The molecule has 1 aromatic rings. The Labute approximate surface area is 80.6 Å². The molecule has 0 aliphatic heterocycles. The van der Waals surface area contributed by atoms with Crippen LogP contribution in [-0.2, 0) is 5.41 Å². The average molecular weight is 172 g/mol. The monoisotopic (exact) mass is 172 g/mol. The van der Waals surface area contributed by atoms with Gasteiger partial charge in [-0.1, -0.05) is 51.6 Å². The summed E-state index contributed by atoms with van der Waals surface area (Å²) in [6, 6.07) is 8.50. The normalized spacial score (nSPS) is 10.7. The van der Waals surface area contributed by atoms with Crippen molar-refractivity contribution in [2.45, 2.75) is 26.2 Å². The Kier molecular flexibility index (Phi) is 2.75. The van der Waals surface area contributed by atoms with Crippen molar-refractivity contribution in [2.24, 2.45) is 0 Å². The Morgan fingerprint density at radius 2 is 1.69 bits per heavy atom. The van der Waals surface area contributed by atoms with Crippen molar-refractivity contribution in [1.82, 2.24) is 0 Å². The highest BCUT2D eigenvalue weighted by Gasteiger charge is 2.12. The summed E-state index contributed by atoms with van der Waals surface area (Å²) in [6.07, 6.45) is 1.88. The van der Waals surface area contributed by atoms with Crippen molar-refractivity contribution in [2.75, 3.05) is 0 Å². The van der Waals surface area contributed by atoms with Gasteiger partial charge in [-0.05, 0) is 22.6 Å². The second-order valence-electron chi connectivity index (χ2n) is 4.22. The second kappa shape index (κ2) is 3.64. The molecule has 0 heteroatoms. The molecule has 68 valence electrons. The molecule has 0 spiro atoms. The van der Waals surface area contributed by atoms with E-state index in [-0.39, 0.29) is 5.41 Å². The summed E-state index contributed by atoms with van der Waals surface area (Å²) in [7, 11) is 0. The van der Waals surface area contributed by atoms with Crippen LogP contribution in [-0.4, -0.2) is 0 Å². The minimum Gasteiger partial charge on any atom is -0.128 e. The van der Waals surface area contributed by atoms with Crippen molar-refractivity contribution < 1.29 is 0 Å². The van der Waals surface area contributed by atoms with Crippen molar-refractivity contribution >= 4 is 6.08 Å². The largest absolute Gasteiger partial charge is 0.128 e. The number of rotatable bonds is 1. The predicted molar refractivity (Wildman–Crippen MR) is 58.7 cm³/mol. The fourth-order valence-corrected chi connectivity index (χ4v) is 1.20. The van der Waals surface area contributed by atoms with E-state index in [1.807, 2.05) is 6.08 Å². The zero-order valence-electron chi connectivity index (χ0n) is 8.59. The Hall–Kier alpha value is -1.26. The van der Waals surface area contributed by atoms with Gasteiger partial charge >= 0.3 is 0 Å². The van der Waals surface area contributed by atoms with Crippen molar-refractivity contribution in [3.05, 3.63) is 47.7 Å². The third-order valence-electron chi connectivity index (χ3n) is 2.05. The molecule has 0 saturated heterocycles. The average Bonchev–Trinajstić information content (AvgIpc) is 2.04. The van der Waals surface area contributed by atoms with E-state index < -0.39 is 0 Å². The van der Waals surface area contributed by atoms with Gasteiger partial charge < -0.3 is 0 Å². The highest BCUT2D eigenvalue weighted by Crippen LogP contribution is 2.22. The lowest BCUT2D eigenvalue weighted by Crippen LogP contribution is -2.10. The lowest BCUT2D eigenvalue weighted by Gasteiger charge is -2.18. The van der Waals surface area contributed by atoms with Gasteiger partial charge in [-0.25, -0.2) is 0 Å². The summed E-state index contributed by atoms with van der Waals surface area (Å²) >= 11 is 0. The molecule has 0 amide bonds. The molecule has 13 heavy (non-hydrogen) atoms. The maximum Gasteiger partial charge on any atom is -0.0132 e. The first-order chi connectivity index (χ1) is 6.04. The predicted octanol–water partition coefficient (Wildman–Crippen LogP) is 3.78. The summed E-state index contributed by atoms with van der Waals surface area (Å²) < 4.78 is 0. The van der Waals surface area contributed by atoms with Crippen LogP contribution in [0.15, 0.2) is 36.6 Å². The van der Waals surface area contributed by atoms with E-state index in [1.165, 1.54) is 5.56 Å². The summed E-state index contributed by atoms with van der Waals surface area (Å²) in [5, 5.41) is 0. The van der Waals surface area contributed by atoms with Crippen molar-refractivity contribution in [3.63, 3.8) is 0 Å². The van der Waals surface area contributed by atoms with Crippen LogP contribution in [0.4, 0.5) is 0 Å². The van der Waals surface area contributed by atoms with Crippen molar-refractivity contribution in [1.29, 1.82) is 0 Å². The van der Waals surface area contributed by atoms with Gasteiger partial charge in [-0.3, -0.25) is 0 Å². The Morgan fingerprint density at radius 3 is 2.08 bits per heavy atom. The van der Waals surface area contributed by atoms with E-state index in [2.05, 4.69) is 57.3 Å². The van der Waals surface area contributed by atoms with E-state index in [0.717, 1.165) is 5.56 Å². The van der Waals surface area contributed by atoms with Crippen LogP contribution < -0.4 is 0 Å². The fourth-order valence-electron chi connectivity index (χ4n) is 1.20. The van der Waals surface area contributed by atoms with Crippen LogP contribution in [0.3, 0.4) is 0 Å². The quantitative estimate of drug-likeness (QED) is 0.565. The summed E-state index contributed by atoms with van der Waals surface area (Å²) in [6.45, 7) is 10.2. The number of hydrogen-bond donors (Lipinski definition) is 0. The zero-order valence-corrected chi connectivity index (χ0v) is 8.59. The van der Waals surface area contributed by atoms with E-state index in [0.29, 0.717) is 0 Å². The topological polar surface area (TPSA) is 0 Å². The van der Waals surface area contributed by atoms with E-state index in [9.17, 15) is 0 Å². The summed E-state index contributed by atoms with van der Waals surface area (Å²) in [5.41, 5.74) is 5.51. The second-order valence-corrected chi connectivity index (χ2v) is 4.22. The zero-order chi connectivity index (χ0) is 9.90. The van der Waals surface area contributed by atoms with Crippen LogP contribution in [0, 0.1) is 0 Å². The SMILES string of the molecule is C=C=Cc1ccc(C(C)(C)C)cc1. The Bertz CT molecular complexity index is 316. The third-order valence-corrected chi connectivity index (χ3v) is 2.05. The first-order valence-corrected chi connectivity index (χ1v) is 4.50. The summed E-state index contributed by atoms with van der Waals surface area (Å²) in [5.74, 6) is 0. The summed E-state index contributed by atoms with van der Waals surface area (Å²) in [4.78, 5) is 0. The van der Waals surface area contributed by atoms with Gasteiger partial charge in [0.25, 0.3) is 0 Å². The molecule has 1 rings (SSSR count). The molecule has 0 nitrogen and oxygen atoms in total. The maximum atomic E-state index is 3.55. The Morgan fingerprint density at radius 1 is 1.15 bits per heavy atom. The standard InChI is InChI=1S/C13H16/c1-5-6-11-7-9-12(10-8-11)13(2,3)4/h6-10H,1H2,2-4H3. The molecule has 0 fully saturated rings. The van der Waals surface area contributed by atoms with Crippen LogP contribution in [0.25, 0.3) is 6.08 Å². The Balaban J connectivity index is 3.00. The molecule has 0 aromatic heterocycles. The van der Waals surface area contributed by atoms with Gasteiger partial charge in [0.1, 0.15) is 0 Å². The maximum absolute atomic E-state index is 3.55. The van der Waals surface area contributed by atoms with Crippen LogP contribution in [0.5, 0.6) is 0 Å². The van der Waals surface area contributed by atoms with Gasteiger partial charge in [-0.15, -0.1) is 5.73 Å². The molecule has 0 N–H and O–H groups in total. The molecule has 0 bridgehead atoms. The van der Waals surface area contributed by atoms with Gasteiger partial charge in [0, 0.05) is 0 Å². The molecule has 0 radical (unpaired) electrons. The van der Waals surface area contributed by atoms with E-state index in [1.54, 1.807) is 0 Å². The molecular formula is C13H16. The first-order valence-electron chi connectivity index (χ1n) is 4.50. The minimum atomic E-state index is 0.233. The molecule has 0 atom stereocenters. The van der Waals surface area contributed by atoms with Gasteiger partial charge in [-0.2, -0.15) is 0 Å². The van der Waals surface area contributed by atoms with E-state index in [4.69, 9.17) is 0 Å². The molecule has 0 saturated carbocycles. The number of hydrogen-bond acceptors (Lipinski definition) is 0. The molecule has 0 aliphatic rings. The van der Waals surface area contributed by atoms with Crippen molar-refractivity contribution in [3.8, 4) is 0 Å². The smallest absolute Gasteiger partial charge is 0.0132 e. The minimum absolute atomic E-state index is 0.233. The lowest BCUT2D eigenvalue weighted by atomic mass is 9.87. The van der Waals surface area contributed by atoms with Gasteiger partial charge in [0.15, 0.2) is 0 Å². The molecule has 0 unspecified atom stereocenters. The van der Waals surface area contributed by atoms with Crippen LogP contribution in [0.2, 0.25) is 0 Å². The molecule has 0 heterocycles. The molecule has 1 aromatic carbocycles. The number of benzene rings is 1. The lowest BCUT2D eigenvalue weighted by molar-refractivity contribution is 0.590. The van der Waals surface area contributed by atoms with Crippen LogP contribution in [0.1, 0.15) is 31.9 Å². The van der Waals surface area contributed by atoms with Crippen LogP contribution >= 0.6 is 0 Å². The van der Waals surface area contributed by atoms with E-state index >= 15 is 0 Å². The fraction of sp³-hybridized carbons (Fsp3) is 0.308. The highest BCUT2D eigenvalue weighted by molar-refractivity contribution is 5.49. The third kappa shape index (κ3) is 2.61. The molecular weight excluding hydrogens is 156 g/mol. The van der Waals surface area contributed by atoms with Gasteiger partial charge in [0.05, 0.1) is 0 Å². The van der Waals surface area contributed by atoms with Gasteiger partial charge in [0.2, 0.25) is 0 Å². The highest BCUT2D eigenvalue weighted by atomic mass is 14.2.